The highest BCUT2D eigenvalue weighted by atomic mass is 31.2. The minimum absolute atomic E-state index is 0.168. The molecule has 6 heteroatoms. The summed E-state index contributed by atoms with van der Waals surface area (Å²) in [6, 6.07) is 8.27. The maximum Gasteiger partial charge on any atom is 0.323 e. The zero-order valence-electron chi connectivity index (χ0n) is 13.0. The molecule has 0 amide bonds. The molecule has 0 fully saturated rings. The van der Waals surface area contributed by atoms with Crippen LogP contribution in [-0.4, -0.2) is 24.8 Å². The first-order valence-electron chi connectivity index (χ1n) is 7.14. The Labute approximate surface area is 126 Å². The first-order valence-corrected chi connectivity index (χ1v) is 8.95. The number of ether oxygens (including phenoxy) is 1. The largest absolute Gasteiger partial charge is 0.465 e. The van der Waals surface area contributed by atoms with E-state index in [9.17, 15) is 9.36 Å². The van der Waals surface area contributed by atoms with Crippen molar-refractivity contribution in [3.63, 3.8) is 0 Å². The second-order valence-corrected chi connectivity index (χ2v) is 7.41. The molecule has 0 saturated heterocycles. The molecule has 21 heavy (non-hydrogen) atoms. The van der Waals surface area contributed by atoms with Crippen molar-refractivity contribution in [2.24, 2.45) is 5.92 Å². The van der Waals surface area contributed by atoms with Gasteiger partial charge in [0.15, 0.2) is 0 Å². The molecule has 0 radical (unpaired) electrons. The van der Waals surface area contributed by atoms with Crippen molar-refractivity contribution in [1.29, 1.82) is 0 Å². The summed E-state index contributed by atoms with van der Waals surface area (Å²) >= 11 is 0. The fourth-order valence-corrected chi connectivity index (χ4v) is 4.22. The molecule has 0 aromatic heterocycles. The van der Waals surface area contributed by atoms with Crippen LogP contribution in [-0.2, 0) is 14.1 Å². The van der Waals surface area contributed by atoms with Gasteiger partial charge in [0, 0.05) is 0 Å². The van der Waals surface area contributed by atoms with Gasteiger partial charge in [0.2, 0.25) is 0 Å². The number of benzene rings is 1. The molecule has 0 spiro atoms. The Kier molecular flexibility index (Phi) is 6.93. The normalized spacial score (nSPS) is 15.3. The Hall–Kier alpha value is -1.32. The molecule has 1 aromatic carbocycles. The molecule has 1 N–H and O–H groups in total. The van der Waals surface area contributed by atoms with Crippen LogP contribution in [0.1, 0.15) is 27.7 Å². The predicted octanol–water partition coefficient (Wildman–Crippen LogP) is 3.46. The molecule has 118 valence electrons. The molecule has 0 bridgehead atoms. The Morgan fingerprint density at radius 2 is 1.86 bits per heavy atom. The first-order chi connectivity index (χ1) is 9.86. The lowest BCUT2D eigenvalue weighted by Crippen LogP contribution is -2.35. The topological polar surface area (TPSA) is 64.6 Å². The average Bonchev–Trinajstić information content (AvgIpc) is 2.38. The number of carbonyl (C=O) groups excluding carboxylic acids is 1. The van der Waals surface area contributed by atoms with Gasteiger partial charge in [0.25, 0.3) is 0 Å². The van der Waals surface area contributed by atoms with Crippen molar-refractivity contribution in [3.05, 3.63) is 30.3 Å². The fraction of sp³-hybridized carbons (Fsp3) is 0.533. The number of hydrogen-bond donors (Lipinski definition) is 1. The third-order valence-corrected chi connectivity index (χ3v) is 5.13. The Bertz CT molecular complexity index is 490. The van der Waals surface area contributed by atoms with Gasteiger partial charge in [-0.2, -0.15) is 0 Å². The number of esters is 1. The van der Waals surface area contributed by atoms with Crippen LogP contribution in [0.15, 0.2) is 30.3 Å². The van der Waals surface area contributed by atoms with Gasteiger partial charge < -0.3 is 9.26 Å². The summed E-state index contributed by atoms with van der Waals surface area (Å²) in [6.07, 6.45) is 0.339. The van der Waals surface area contributed by atoms with Crippen LogP contribution in [0.3, 0.4) is 0 Å². The van der Waals surface area contributed by atoms with Crippen molar-refractivity contribution in [2.45, 2.75) is 33.7 Å². The Morgan fingerprint density at radius 1 is 1.24 bits per heavy atom. The molecule has 0 heterocycles. The SMILES string of the molecule is CCOC(=O)[C@H](C)N[P@@](=O)(CC(C)C)Oc1ccccc1. The highest BCUT2D eigenvalue weighted by molar-refractivity contribution is 7.57. The van der Waals surface area contributed by atoms with Crippen LogP contribution in [0.25, 0.3) is 0 Å². The van der Waals surface area contributed by atoms with E-state index in [0.717, 1.165) is 0 Å². The van der Waals surface area contributed by atoms with E-state index in [1.54, 1.807) is 26.0 Å². The molecule has 1 aromatic rings. The van der Waals surface area contributed by atoms with Crippen LogP contribution in [0, 0.1) is 5.92 Å². The smallest absolute Gasteiger partial charge is 0.323 e. The van der Waals surface area contributed by atoms with Gasteiger partial charge in [-0.1, -0.05) is 32.0 Å². The highest BCUT2D eigenvalue weighted by Crippen LogP contribution is 2.45. The van der Waals surface area contributed by atoms with E-state index in [4.69, 9.17) is 9.26 Å². The monoisotopic (exact) mass is 313 g/mol. The van der Waals surface area contributed by atoms with Gasteiger partial charge in [-0.05, 0) is 31.9 Å². The van der Waals surface area contributed by atoms with E-state index in [1.165, 1.54) is 0 Å². The van der Waals surface area contributed by atoms with E-state index in [0.29, 0.717) is 18.5 Å². The van der Waals surface area contributed by atoms with Gasteiger partial charge in [-0.15, -0.1) is 0 Å². The first kappa shape index (κ1) is 17.7. The summed E-state index contributed by atoms with van der Waals surface area (Å²) in [5.74, 6) is 0.254. The molecule has 0 saturated carbocycles. The van der Waals surface area contributed by atoms with E-state index in [1.807, 2.05) is 32.0 Å². The fourth-order valence-electron chi connectivity index (χ4n) is 1.86. The van der Waals surface area contributed by atoms with Gasteiger partial charge in [0.05, 0.1) is 12.8 Å². The van der Waals surface area contributed by atoms with Gasteiger partial charge in [-0.25, -0.2) is 5.09 Å². The van der Waals surface area contributed by atoms with E-state index in [2.05, 4.69) is 5.09 Å². The third kappa shape index (κ3) is 6.32. The highest BCUT2D eigenvalue weighted by Gasteiger charge is 2.31. The summed E-state index contributed by atoms with van der Waals surface area (Å²) in [5, 5.41) is 2.82. The maximum atomic E-state index is 13.0. The molecule has 2 atom stereocenters. The van der Waals surface area contributed by atoms with Gasteiger partial charge in [0.1, 0.15) is 11.8 Å². The zero-order chi connectivity index (χ0) is 15.9. The average molecular weight is 313 g/mol. The predicted molar refractivity (Wildman–Crippen MR) is 83.6 cm³/mol. The number of carbonyl (C=O) groups is 1. The van der Waals surface area contributed by atoms with Crippen molar-refractivity contribution in [1.82, 2.24) is 5.09 Å². The van der Waals surface area contributed by atoms with Crippen molar-refractivity contribution < 1.29 is 18.6 Å². The van der Waals surface area contributed by atoms with Crippen LogP contribution in [0.5, 0.6) is 5.75 Å². The molecule has 0 aliphatic rings. The second-order valence-electron chi connectivity index (χ2n) is 5.26. The summed E-state index contributed by atoms with van der Waals surface area (Å²) < 4.78 is 23.5. The summed E-state index contributed by atoms with van der Waals surface area (Å²) in [6.45, 7) is 7.56. The number of nitrogens with one attached hydrogen (secondary N) is 1. The van der Waals surface area contributed by atoms with E-state index >= 15 is 0 Å². The summed E-state index contributed by atoms with van der Waals surface area (Å²) in [7, 11) is -3.18. The lowest BCUT2D eigenvalue weighted by Gasteiger charge is -2.24. The van der Waals surface area contributed by atoms with Crippen LogP contribution in [0.4, 0.5) is 0 Å². The molecule has 1 rings (SSSR count). The van der Waals surface area contributed by atoms with Crippen molar-refractivity contribution in [2.75, 3.05) is 12.8 Å². The van der Waals surface area contributed by atoms with Gasteiger partial charge in [-0.3, -0.25) is 9.36 Å². The van der Waals surface area contributed by atoms with E-state index < -0.39 is 19.5 Å². The molecular formula is C15H24NO4P. The maximum absolute atomic E-state index is 13.0. The number of para-hydroxylation sites is 1. The molecule has 0 unspecified atom stereocenters. The van der Waals surface area contributed by atoms with E-state index in [-0.39, 0.29) is 5.92 Å². The number of rotatable bonds is 8. The Morgan fingerprint density at radius 3 is 2.38 bits per heavy atom. The second kappa shape index (κ2) is 8.20. The minimum atomic E-state index is -3.18. The van der Waals surface area contributed by atoms with Crippen LogP contribution >= 0.6 is 7.52 Å². The molecule has 0 aliphatic carbocycles. The van der Waals surface area contributed by atoms with Crippen molar-refractivity contribution in [3.8, 4) is 5.75 Å². The quantitative estimate of drug-likeness (QED) is 0.588. The van der Waals surface area contributed by atoms with Crippen LogP contribution in [0.2, 0.25) is 0 Å². The summed E-state index contributed by atoms with van der Waals surface area (Å²) in [4.78, 5) is 11.7. The molecule has 5 nitrogen and oxygen atoms in total. The molecule has 0 aliphatic heterocycles. The van der Waals surface area contributed by atoms with Crippen LogP contribution < -0.4 is 9.61 Å². The lowest BCUT2D eigenvalue weighted by atomic mass is 10.3. The molecular weight excluding hydrogens is 289 g/mol. The van der Waals surface area contributed by atoms with Crippen molar-refractivity contribution >= 4 is 13.5 Å². The standard InChI is InChI=1S/C15H24NO4P/c1-5-19-15(17)13(4)16-21(18,11-12(2)3)20-14-9-7-6-8-10-14/h6-10,12-13H,5,11H2,1-4H3,(H,16,18)/t13-,21+/m0/s1. The third-order valence-electron chi connectivity index (χ3n) is 2.63. The number of hydrogen-bond acceptors (Lipinski definition) is 4. The minimum Gasteiger partial charge on any atom is -0.465 e. The summed E-state index contributed by atoms with van der Waals surface area (Å²) in [5.41, 5.74) is 0. The Balaban J connectivity index is 2.83. The lowest BCUT2D eigenvalue weighted by molar-refractivity contribution is -0.144. The zero-order valence-corrected chi connectivity index (χ0v) is 13.9. The van der Waals surface area contributed by atoms with Gasteiger partial charge >= 0.3 is 13.5 Å².